The molecule has 0 aliphatic heterocycles. The molecule has 4 nitrogen and oxygen atoms in total. The highest BCUT2D eigenvalue weighted by atomic mass is 19.4. The summed E-state index contributed by atoms with van der Waals surface area (Å²) < 4.78 is 38.9. The van der Waals surface area contributed by atoms with Crippen molar-refractivity contribution >= 4 is 11.6 Å². The van der Waals surface area contributed by atoms with Crippen molar-refractivity contribution in [3.63, 3.8) is 0 Å². The van der Waals surface area contributed by atoms with Crippen LogP contribution < -0.4 is 11.3 Å². The van der Waals surface area contributed by atoms with E-state index in [1.54, 1.807) is 4.90 Å². The lowest BCUT2D eigenvalue weighted by Crippen LogP contribution is -2.35. The summed E-state index contributed by atoms with van der Waals surface area (Å²) in [6, 6.07) is 3.65. The third-order valence-corrected chi connectivity index (χ3v) is 3.46. The first-order valence-corrected chi connectivity index (χ1v) is 6.88. The monoisotopic (exact) mass is 301 g/mol. The molecule has 7 heteroatoms. The van der Waals surface area contributed by atoms with E-state index in [0.717, 1.165) is 25.3 Å². The Morgan fingerprint density at radius 3 is 2.57 bits per heavy atom. The number of hydrogen-bond acceptors (Lipinski definition) is 3. The highest BCUT2D eigenvalue weighted by Gasteiger charge is 2.37. The molecule has 116 valence electrons. The summed E-state index contributed by atoms with van der Waals surface area (Å²) >= 11 is 0. The zero-order valence-electron chi connectivity index (χ0n) is 11.7. The second-order valence-electron chi connectivity index (χ2n) is 5.10. The maximum Gasteiger partial charge on any atom is 0.418 e. The normalized spacial score (nSPS) is 14.9. The average Bonchev–Trinajstić information content (AvgIpc) is 3.26. The van der Waals surface area contributed by atoms with E-state index in [0.29, 0.717) is 6.54 Å². The van der Waals surface area contributed by atoms with Gasteiger partial charge in [0, 0.05) is 12.6 Å². The van der Waals surface area contributed by atoms with Crippen LogP contribution in [0, 0.1) is 0 Å². The predicted molar refractivity (Wildman–Crippen MR) is 73.6 cm³/mol. The number of benzene rings is 1. The van der Waals surface area contributed by atoms with Crippen LogP contribution in [0.1, 0.15) is 42.1 Å². The number of carbonyl (C=O) groups is 1. The molecule has 1 amide bonds. The van der Waals surface area contributed by atoms with E-state index < -0.39 is 17.6 Å². The van der Waals surface area contributed by atoms with Crippen molar-refractivity contribution in [1.82, 2.24) is 4.90 Å². The first-order valence-electron chi connectivity index (χ1n) is 6.88. The topological polar surface area (TPSA) is 58.4 Å². The summed E-state index contributed by atoms with van der Waals surface area (Å²) in [7, 11) is 0. The molecule has 1 aromatic rings. The molecule has 1 aromatic carbocycles. The Morgan fingerprint density at radius 2 is 2.10 bits per heavy atom. The van der Waals surface area contributed by atoms with Gasteiger partial charge in [0.25, 0.3) is 5.91 Å². The van der Waals surface area contributed by atoms with Gasteiger partial charge in [0.15, 0.2) is 0 Å². The van der Waals surface area contributed by atoms with Crippen molar-refractivity contribution in [2.75, 3.05) is 12.0 Å². The number of nitrogens with zero attached hydrogens (tertiary/aromatic N) is 1. The minimum Gasteiger partial charge on any atom is -0.336 e. The van der Waals surface area contributed by atoms with E-state index in [-0.39, 0.29) is 17.3 Å². The number of halogens is 3. The van der Waals surface area contributed by atoms with Crippen molar-refractivity contribution in [1.29, 1.82) is 0 Å². The summed E-state index contributed by atoms with van der Waals surface area (Å²) in [5, 5.41) is 0. The number of nitrogens with one attached hydrogen (secondary N) is 1. The van der Waals surface area contributed by atoms with Crippen molar-refractivity contribution in [2.45, 2.75) is 38.4 Å². The van der Waals surface area contributed by atoms with Gasteiger partial charge in [-0.3, -0.25) is 10.6 Å². The summed E-state index contributed by atoms with van der Waals surface area (Å²) in [5.41, 5.74) is 0.714. The molecule has 21 heavy (non-hydrogen) atoms. The van der Waals surface area contributed by atoms with Crippen LogP contribution in [0.3, 0.4) is 0 Å². The van der Waals surface area contributed by atoms with Gasteiger partial charge < -0.3 is 10.3 Å². The van der Waals surface area contributed by atoms with Gasteiger partial charge in [-0.25, -0.2) is 0 Å². The van der Waals surface area contributed by atoms with Gasteiger partial charge in [-0.1, -0.05) is 13.0 Å². The Labute approximate surface area is 121 Å². The SMILES string of the molecule is CCCN(C(=O)c1cccc(C(F)(F)F)c1NN)C1CC1. The molecular weight excluding hydrogens is 283 g/mol. The van der Waals surface area contributed by atoms with Crippen molar-refractivity contribution in [2.24, 2.45) is 5.84 Å². The molecule has 2 rings (SSSR count). The van der Waals surface area contributed by atoms with E-state index in [1.165, 1.54) is 12.1 Å². The molecule has 0 heterocycles. The van der Waals surface area contributed by atoms with Gasteiger partial charge in [0.1, 0.15) is 0 Å². The fourth-order valence-electron chi connectivity index (χ4n) is 2.35. The average molecular weight is 301 g/mol. The van der Waals surface area contributed by atoms with Crippen LogP contribution in [0.5, 0.6) is 0 Å². The third kappa shape index (κ3) is 3.29. The number of amides is 1. The second kappa shape index (κ2) is 5.93. The van der Waals surface area contributed by atoms with Gasteiger partial charge in [0.05, 0.1) is 16.8 Å². The van der Waals surface area contributed by atoms with E-state index in [2.05, 4.69) is 0 Å². The van der Waals surface area contributed by atoms with Gasteiger partial charge in [-0.05, 0) is 31.4 Å². The Bertz CT molecular complexity index is 527. The lowest BCUT2D eigenvalue weighted by Gasteiger charge is -2.24. The van der Waals surface area contributed by atoms with Gasteiger partial charge in [-0.2, -0.15) is 13.2 Å². The van der Waals surface area contributed by atoms with E-state index in [9.17, 15) is 18.0 Å². The summed E-state index contributed by atoms with van der Waals surface area (Å²) in [4.78, 5) is 14.2. The van der Waals surface area contributed by atoms with E-state index >= 15 is 0 Å². The minimum absolute atomic E-state index is 0.0346. The standard InChI is InChI=1S/C14H18F3N3O/c1-2-8-20(9-6-7-9)13(21)10-4-3-5-11(12(10)19-18)14(15,16)17/h3-5,9,19H,2,6-8,18H2,1H3. The molecule has 0 spiro atoms. The molecule has 0 radical (unpaired) electrons. The third-order valence-electron chi connectivity index (χ3n) is 3.46. The summed E-state index contributed by atoms with van der Waals surface area (Å²) in [6.07, 6.45) is -2.01. The number of anilines is 1. The molecule has 1 fully saturated rings. The van der Waals surface area contributed by atoms with Crippen molar-refractivity contribution in [3.8, 4) is 0 Å². The molecule has 1 saturated carbocycles. The van der Waals surface area contributed by atoms with Crippen LogP contribution in [-0.2, 0) is 6.18 Å². The lowest BCUT2D eigenvalue weighted by molar-refractivity contribution is -0.137. The Morgan fingerprint density at radius 1 is 1.43 bits per heavy atom. The molecule has 0 saturated heterocycles. The van der Waals surface area contributed by atoms with Crippen LogP contribution in [0.4, 0.5) is 18.9 Å². The van der Waals surface area contributed by atoms with Crippen LogP contribution in [-0.4, -0.2) is 23.4 Å². The summed E-state index contributed by atoms with van der Waals surface area (Å²) in [5.74, 6) is 4.83. The van der Waals surface area contributed by atoms with E-state index in [1.807, 2.05) is 12.3 Å². The highest BCUT2D eigenvalue weighted by Crippen LogP contribution is 2.37. The first-order chi connectivity index (χ1) is 9.90. The number of carbonyl (C=O) groups excluding carboxylic acids is 1. The number of para-hydroxylation sites is 1. The fourth-order valence-corrected chi connectivity index (χ4v) is 2.35. The minimum atomic E-state index is -4.56. The lowest BCUT2D eigenvalue weighted by atomic mass is 10.1. The Balaban J connectivity index is 2.40. The van der Waals surface area contributed by atoms with Gasteiger partial charge in [0.2, 0.25) is 0 Å². The maximum atomic E-state index is 13.0. The first kappa shape index (κ1) is 15.6. The number of nitrogens with two attached hydrogens (primary N) is 1. The molecule has 0 unspecified atom stereocenters. The number of alkyl halides is 3. The molecular formula is C14H18F3N3O. The number of hydrogen-bond donors (Lipinski definition) is 2. The van der Waals surface area contributed by atoms with Crippen LogP contribution in [0.25, 0.3) is 0 Å². The van der Waals surface area contributed by atoms with E-state index in [4.69, 9.17) is 5.84 Å². The molecule has 0 aromatic heterocycles. The Hall–Kier alpha value is -1.76. The molecule has 1 aliphatic rings. The Kier molecular flexibility index (Phi) is 4.41. The second-order valence-corrected chi connectivity index (χ2v) is 5.10. The number of rotatable bonds is 5. The number of hydrazine groups is 1. The quantitative estimate of drug-likeness (QED) is 0.649. The maximum absolute atomic E-state index is 13.0. The van der Waals surface area contributed by atoms with Gasteiger partial charge in [-0.15, -0.1) is 0 Å². The predicted octanol–water partition coefficient (Wildman–Crippen LogP) is 3.01. The van der Waals surface area contributed by atoms with Crippen LogP contribution >= 0.6 is 0 Å². The zero-order chi connectivity index (χ0) is 15.6. The smallest absolute Gasteiger partial charge is 0.336 e. The molecule has 1 aliphatic carbocycles. The fraction of sp³-hybridized carbons (Fsp3) is 0.500. The zero-order valence-corrected chi connectivity index (χ0v) is 11.7. The highest BCUT2D eigenvalue weighted by molar-refractivity contribution is 6.00. The number of nitrogen functional groups attached to an aromatic ring is 1. The van der Waals surface area contributed by atoms with Crippen LogP contribution in [0.15, 0.2) is 18.2 Å². The van der Waals surface area contributed by atoms with Crippen molar-refractivity contribution < 1.29 is 18.0 Å². The summed E-state index contributed by atoms with van der Waals surface area (Å²) in [6.45, 7) is 2.46. The largest absolute Gasteiger partial charge is 0.418 e. The molecule has 3 N–H and O–H groups in total. The van der Waals surface area contributed by atoms with Crippen molar-refractivity contribution in [3.05, 3.63) is 29.3 Å². The van der Waals surface area contributed by atoms with Crippen LogP contribution in [0.2, 0.25) is 0 Å². The molecule has 0 bridgehead atoms. The molecule has 0 atom stereocenters. The van der Waals surface area contributed by atoms with Gasteiger partial charge >= 0.3 is 6.18 Å².